The highest BCUT2D eigenvalue weighted by Gasteiger charge is 2.25. The van der Waals surface area contributed by atoms with E-state index < -0.39 is 0 Å². The van der Waals surface area contributed by atoms with Gasteiger partial charge in [-0.05, 0) is 5.92 Å². The molecule has 1 N–H and O–H groups in total. The number of amides is 2. The molecular formula is C13H16N6OS. The van der Waals surface area contributed by atoms with E-state index >= 15 is 0 Å². The summed E-state index contributed by atoms with van der Waals surface area (Å²) in [5, 5.41) is 7.11. The van der Waals surface area contributed by atoms with Crippen molar-refractivity contribution >= 4 is 22.6 Å². The Labute approximate surface area is 126 Å². The highest BCUT2D eigenvalue weighted by molar-refractivity contribution is 7.10. The SMILES string of the molecule is CC(C)Cc1ncc2c(n1)CN(C(=O)Nc1cnns1)C2. The molecule has 0 spiro atoms. The van der Waals surface area contributed by atoms with Crippen LogP contribution in [0.5, 0.6) is 0 Å². The average molecular weight is 304 g/mol. The number of hydrogen-bond acceptors (Lipinski definition) is 6. The quantitative estimate of drug-likeness (QED) is 0.938. The third-order valence-electron chi connectivity index (χ3n) is 3.18. The fraction of sp³-hybridized carbons (Fsp3) is 0.462. The lowest BCUT2D eigenvalue weighted by atomic mass is 10.1. The van der Waals surface area contributed by atoms with E-state index in [-0.39, 0.29) is 6.03 Å². The molecule has 0 atom stereocenters. The van der Waals surface area contributed by atoms with E-state index in [4.69, 9.17) is 0 Å². The minimum absolute atomic E-state index is 0.163. The Morgan fingerprint density at radius 1 is 1.43 bits per heavy atom. The summed E-state index contributed by atoms with van der Waals surface area (Å²) in [6.45, 7) is 5.33. The van der Waals surface area contributed by atoms with Crippen molar-refractivity contribution in [2.24, 2.45) is 5.92 Å². The lowest BCUT2D eigenvalue weighted by Gasteiger charge is -2.14. The van der Waals surface area contributed by atoms with Gasteiger partial charge in [0.05, 0.1) is 25.0 Å². The predicted octanol–water partition coefficient (Wildman–Crippen LogP) is 2.07. The third-order valence-corrected chi connectivity index (χ3v) is 3.76. The summed E-state index contributed by atoms with van der Waals surface area (Å²) >= 11 is 1.16. The maximum Gasteiger partial charge on any atom is 0.323 e. The molecule has 0 aliphatic carbocycles. The van der Waals surface area contributed by atoms with E-state index in [1.807, 2.05) is 6.20 Å². The van der Waals surface area contributed by atoms with Gasteiger partial charge in [0.15, 0.2) is 0 Å². The lowest BCUT2D eigenvalue weighted by Crippen LogP contribution is -2.29. The maximum absolute atomic E-state index is 12.2. The van der Waals surface area contributed by atoms with E-state index in [0.717, 1.165) is 35.0 Å². The molecule has 0 radical (unpaired) electrons. The Kier molecular flexibility index (Phi) is 3.78. The first kappa shape index (κ1) is 13.9. The summed E-state index contributed by atoms with van der Waals surface area (Å²) in [6.07, 6.45) is 4.22. The molecule has 2 aromatic rings. The molecule has 1 aliphatic rings. The molecular weight excluding hydrogens is 288 g/mol. The van der Waals surface area contributed by atoms with Gasteiger partial charge in [-0.3, -0.25) is 5.32 Å². The first-order valence-electron chi connectivity index (χ1n) is 6.79. The van der Waals surface area contributed by atoms with Crippen LogP contribution in [0.4, 0.5) is 9.80 Å². The highest BCUT2D eigenvalue weighted by Crippen LogP contribution is 2.22. The minimum atomic E-state index is -0.163. The number of hydrogen-bond donors (Lipinski definition) is 1. The van der Waals surface area contributed by atoms with Gasteiger partial charge in [0.1, 0.15) is 10.8 Å². The van der Waals surface area contributed by atoms with Crippen LogP contribution in [0.3, 0.4) is 0 Å². The number of rotatable bonds is 3. The molecule has 0 unspecified atom stereocenters. The fourth-order valence-electron chi connectivity index (χ4n) is 2.21. The second kappa shape index (κ2) is 5.72. The zero-order chi connectivity index (χ0) is 14.8. The van der Waals surface area contributed by atoms with Gasteiger partial charge in [-0.1, -0.05) is 18.3 Å². The number of aromatic nitrogens is 4. The molecule has 0 bridgehead atoms. The van der Waals surface area contributed by atoms with Crippen molar-refractivity contribution in [2.75, 3.05) is 5.32 Å². The Balaban J connectivity index is 1.68. The summed E-state index contributed by atoms with van der Waals surface area (Å²) < 4.78 is 3.72. The smallest absolute Gasteiger partial charge is 0.314 e. The first-order valence-corrected chi connectivity index (χ1v) is 7.56. The standard InChI is InChI=1S/C13H16N6OS/c1-8(2)3-11-14-4-9-6-19(7-10(9)16-11)13(20)17-12-5-15-18-21-12/h4-5,8H,3,6-7H2,1-2H3,(H,17,20). The van der Waals surface area contributed by atoms with E-state index in [1.54, 1.807) is 4.90 Å². The van der Waals surface area contributed by atoms with Crippen LogP contribution in [0.1, 0.15) is 30.9 Å². The van der Waals surface area contributed by atoms with Crippen molar-refractivity contribution in [3.8, 4) is 0 Å². The van der Waals surface area contributed by atoms with Gasteiger partial charge in [-0.15, -0.1) is 5.10 Å². The molecule has 8 heteroatoms. The number of carbonyl (C=O) groups excluding carboxylic acids is 1. The maximum atomic E-state index is 12.2. The van der Waals surface area contributed by atoms with Crippen LogP contribution in [0, 0.1) is 5.92 Å². The van der Waals surface area contributed by atoms with Gasteiger partial charge in [0.2, 0.25) is 0 Å². The van der Waals surface area contributed by atoms with E-state index in [0.29, 0.717) is 24.0 Å². The number of carbonyl (C=O) groups is 1. The van der Waals surface area contributed by atoms with Gasteiger partial charge in [0.25, 0.3) is 0 Å². The molecule has 2 amide bonds. The Morgan fingerprint density at radius 3 is 3.00 bits per heavy atom. The summed E-state index contributed by atoms with van der Waals surface area (Å²) in [6, 6.07) is -0.163. The molecule has 21 heavy (non-hydrogen) atoms. The molecule has 3 heterocycles. The monoisotopic (exact) mass is 304 g/mol. The van der Waals surface area contributed by atoms with Gasteiger partial charge in [0, 0.05) is 29.7 Å². The van der Waals surface area contributed by atoms with Crippen LogP contribution >= 0.6 is 11.5 Å². The largest absolute Gasteiger partial charge is 0.323 e. The van der Waals surface area contributed by atoms with Crippen molar-refractivity contribution in [3.05, 3.63) is 29.5 Å². The summed E-state index contributed by atoms with van der Waals surface area (Å²) in [7, 11) is 0. The molecule has 0 saturated heterocycles. The van der Waals surface area contributed by atoms with Gasteiger partial charge >= 0.3 is 6.03 Å². The van der Waals surface area contributed by atoms with Crippen LogP contribution in [-0.4, -0.2) is 30.5 Å². The van der Waals surface area contributed by atoms with Crippen LogP contribution in [0.25, 0.3) is 0 Å². The molecule has 110 valence electrons. The van der Waals surface area contributed by atoms with Crippen LogP contribution < -0.4 is 5.32 Å². The van der Waals surface area contributed by atoms with Crippen LogP contribution in [0.15, 0.2) is 12.4 Å². The lowest BCUT2D eigenvalue weighted by molar-refractivity contribution is 0.212. The van der Waals surface area contributed by atoms with Gasteiger partial charge < -0.3 is 4.90 Å². The number of urea groups is 1. The van der Waals surface area contributed by atoms with Crippen molar-refractivity contribution < 1.29 is 4.79 Å². The van der Waals surface area contributed by atoms with E-state index in [1.165, 1.54) is 6.20 Å². The molecule has 0 fully saturated rings. The number of fused-ring (bicyclic) bond motifs is 1. The molecule has 0 saturated carbocycles. The molecule has 0 aromatic carbocycles. The molecule has 2 aromatic heterocycles. The second-order valence-electron chi connectivity index (χ2n) is 5.42. The van der Waals surface area contributed by atoms with Gasteiger partial charge in [-0.25, -0.2) is 14.8 Å². The number of nitrogens with zero attached hydrogens (tertiary/aromatic N) is 5. The molecule has 3 rings (SSSR count). The molecule has 1 aliphatic heterocycles. The average Bonchev–Trinajstić information content (AvgIpc) is 3.06. The third kappa shape index (κ3) is 3.15. The Bertz CT molecular complexity index is 642. The fourth-order valence-corrected chi connectivity index (χ4v) is 2.62. The highest BCUT2D eigenvalue weighted by atomic mass is 32.1. The summed E-state index contributed by atoms with van der Waals surface area (Å²) in [5.41, 5.74) is 1.96. The Morgan fingerprint density at radius 2 is 2.29 bits per heavy atom. The van der Waals surface area contributed by atoms with E-state index in [9.17, 15) is 4.79 Å². The predicted molar refractivity (Wildman–Crippen MR) is 78.7 cm³/mol. The van der Waals surface area contributed by atoms with Gasteiger partial charge in [-0.2, -0.15) is 0 Å². The first-order chi connectivity index (χ1) is 10.1. The summed E-state index contributed by atoms with van der Waals surface area (Å²) in [5.74, 6) is 1.36. The second-order valence-corrected chi connectivity index (χ2v) is 6.21. The zero-order valence-corrected chi connectivity index (χ0v) is 12.7. The van der Waals surface area contributed by atoms with Crippen LogP contribution in [0.2, 0.25) is 0 Å². The zero-order valence-electron chi connectivity index (χ0n) is 11.9. The van der Waals surface area contributed by atoms with Crippen molar-refractivity contribution in [2.45, 2.75) is 33.4 Å². The van der Waals surface area contributed by atoms with Crippen molar-refractivity contribution in [3.63, 3.8) is 0 Å². The number of anilines is 1. The topological polar surface area (TPSA) is 83.9 Å². The number of nitrogens with one attached hydrogen (secondary N) is 1. The van der Waals surface area contributed by atoms with Crippen LogP contribution in [-0.2, 0) is 19.5 Å². The minimum Gasteiger partial charge on any atom is -0.314 e. The van der Waals surface area contributed by atoms with E-state index in [2.05, 4.69) is 38.7 Å². The van der Waals surface area contributed by atoms with Crippen molar-refractivity contribution in [1.29, 1.82) is 0 Å². The normalized spacial score (nSPS) is 13.6. The summed E-state index contributed by atoms with van der Waals surface area (Å²) in [4.78, 5) is 22.8. The molecule has 7 nitrogen and oxygen atoms in total. The van der Waals surface area contributed by atoms with Crippen molar-refractivity contribution in [1.82, 2.24) is 24.5 Å². The Hall–Kier alpha value is -2.09.